The highest BCUT2D eigenvalue weighted by Gasteiger charge is 2.06. The third-order valence-corrected chi connectivity index (χ3v) is 1.24. The molecule has 0 atom stereocenters. The minimum atomic E-state index is 0. The number of nitrogens with zero attached hydrogens (tertiary/aromatic N) is 1. The van der Waals surface area contributed by atoms with Gasteiger partial charge >= 0.3 is 0 Å². The van der Waals surface area contributed by atoms with E-state index in [2.05, 4.69) is 16.8 Å². The van der Waals surface area contributed by atoms with E-state index >= 15 is 0 Å². The predicted molar refractivity (Wildman–Crippen MR) is 36.5 cm³/mol. The summed E-state index contributed by atoms with van der Waals surface area (Å²) in [5.41, 5.74) is 0. The summed E-state index contributed by atoms with van der Waals surface area (Å²) in [5, 5.41) is 3.10. The van der Waals surface area contributed by atoms with Gasteiger partial charge in [0, 0.05) is 20.1 Å². The van der Waals surface area contributed by atoms with Crippen molar-refractivity contribution in [2.75, 3.05) is 20.1 Å². The standard InChI is InChI=1S/C5H10N2.CH4/c1-5-6-3-4-7(5)2;/h6H,1,3-4H2,2H3;1H4. The lowest BCUT2D eigenvalue weighted by Gasteiger charge is -2.07. The van der Waals surface area contributed by atoms with Crippen LogP contribution in [0, 0.1) is 0 Å². The van der Waals surface area contributed by atoms with Crippen LogP contribution in [0.5, 0.6) is 0 Å². The summed E-state index contributed by atoms with van der Waals surface area (Å²) in [5.74, 6) is 1.04. The Kier molecular flexibility index (Phi) is 2.38. The molecule has 2 heteroatoms. The Labute approximate surface area is 51.2 Å². The number of likely N-dealkylation sites (N-methyl/N-ethyl adjacent to an activating group) is 1. The van der Waals surface area contributed by atoms with Crippen LogP contribution in [-0.2, 0) is 0 Å². The van der Waals surface area contributed by atoms with Gasteiger partial charge in [-0.2, -0.15) is 0 Å². The van der Waals surface area contributed by atoms with Gasteiger partial charge in [0.1, 0.15) is 0 Å². The minimum absolute atomic E-state index is 0. The second-order valence-corrected chi connectivity index (χ2v) is 1.80. The van der Waals surface area contributed by atoms with Crippen molar-refractivity contribution in [1.29, 1.82) is 0 Å². The minimum Gasteiger partial charge on any atom is -0.370 e. The van der Waals surface area contributed by atoms with Crippen LogP contribution in [0.2, 0.25) is 0 Å². The van der Waals surface area contributed by atoms with Crippen LogP contribution in [-0.4, -0.2) is 25.0 Å². The summed E-state index contributed by atoms with van der Waals surface area (Å²) in [6.07, 6.45) is 0. The zero-order valence-electron chi connectivity index (χ0n) is 4.57. The zero-order chi connectivity index (χ0) is 5.28. The maximum absolute atomic E-state index is 3.75. The van der Waals surface area contributed by atoms with Crippen LogP contribution in [0.3, 0.4) is 0 Å². The molecule has 2 nitrogen and oxygen atoms in total. The number of nitrogens with one attached hydrogen (secondary N) is 1. The van der Waals surface area contributed by atoms with Gasteiger partial charge in [-0.3, -0.25) is 0 Å². The third kappa shape index (κ3) is 1.15. The first-order valence-corrected chi connectivity index (χ1v) is 2.44. The van der Waals surface area contributed by atoms with Gasteiger partial charge in [0.25, 0.3) is 0 Å². The van der Waals surface area contributed by atoms with Gasteiger partial charge in [-0.1, -0.05) is 14.0 Å². The third-order valence-electron chi connectivity index (χ3n) is 1.24. The highest BCUT2D eigenvalue weighted by atomic mass is 15.3. The molecule has 1 rings (SSSR count). The molecule has 1 aliphatic rings. The van der Waals surface area contributed by atoms with E-state index in [0.717, 1.165) is 18.9 Å². The fourth-order valence-corrected chi connectivity index (χ4v) is 0.638. The van der Waals surface area contributed by atoms with E-state index in [9.17, 15) is 0 Å². The Bertz CT molecular complexity index is 88.5. The van der Waals surface area contributed by atoms with Crippen molar-refractivity contribution in [3.63, 3.8) is 0 Å². The molecule has 0 saturated carbocycles. The van der Waals surface area contributed by atoms with Crippen molar-refractivity contribution in [2.45, 2.75) is 7.43 Å². The van der Waals surface area contributed by atoms with Crippen molar-refractivity contribution in [3.05, 3.63) is 12.4 Å². The maximum atomic E-state index is 3.75. The van der Waals surface area contributed by atoms with Gasteiger partial charge in [0.2, 0.25) is 0 Å². The van der Waals surface area contributed by atoms with Crippen LogP contribution >= 0.6 is 0 Å². The van der Waals surface area contributed by atoms with Gasteiger partial charge in [-0.05, 0) is 0 Å². The van der Waals surface area contributed by atoms with Gasteiger partial charge in [-0.25, -0.2) is 0 Å². The predicted octanol–water partition coefficient (Wildman–Crippen LogP) is 0.629. The highest BCUT2D eigenvalue weighted by molar-refractivity contribution is 4.94. The van der Waals surface area contributed by atoms with E-state index in [0.29, 0.717) is 0 Å². The zero-order valence-corrected chi connectivity index (χ0v) is 4.57. The fraction of sp³-hybridized carbons (Fsp3) is 0.667. The Morgan fingerprint density at radius 2 is 2.38 bits per heavy atom. The van der Waals surface area contributed by atoms with E-state index in [1.54, 1.807) is 0 Å². The second kappa shape index (κ2) is 2.60. The molecule has 8 heavy (non-hydrogen) atoms. The molecule has 0 aliphatic carbocycles. The van der Waals surface area contributed by atoms with E-state index < -0.39 is 0 Å². The summed E-state index contributed by atoms with van der Waals surface area (Å²) in [6.45, 7) is 5.90. The molecule has 0 amide bonds. The molecule has 1 saturated heterocycles. The van der Waals surface area contributed by atoms with Gasteiger partial charge in [0.15, 0.2) is 0 Å². The summed E-state index contributed by atoms with van der Waals surface area (Å²) in [6, 6.07) is 0. The van der Waals surface area contributed by atoms with E-state index in [1.807, 2.05) is 7.05 Å². The molecule has 0 aromatic carbocycles. The molecule has 0 aromatic heterocycles. The van der Waals surface area contributed by atoms with E-state index in [1.165, 1.54) is 0 Å². The molecule has 0 radical (unpaired) electrons. The summed E-state index contributed by atoms with van der Waals surface area (Å²) in [4.78, 5) is 2.10. The smallest absolute Gasteiger partial charge is 0.0937 e. The topological polar surface area (TPSA) is 15.3 Å². The Morgan fingerprint density at radius 1 is 1.75 bits per heavy atom. The normalized spacial score (nSPS) is 17.6. The largest absolute Gasteiger partial charge is 0.370 e. The molecule has 0 spiro atoms. The quantitative estimate of drug-likeness (QED) is 0.497. The molecule has 1 fully saturated rings. The average molecular weight is 114 g/mol. The fourth-order valence-electron chi connectivity index (χ4n) is 0.638. The van der Waals surface area contributed by atoms with Crippen LogP contribution in [0.25, 0.3) is 0 Å². The number of rotatable bonds is 0. The van der Waals surface area contributed by atoms with Gasteiger partial charge in [-0.15, -0.1) is 0 Å². The van der Waals surface area contributed by atoms with Gasteiger partial charge in [0.05, 0.1) is 5.82 Å². The molecule has 1 aliphatic heterocycles. The lowest BCUT2D eigenvalue weighted by atomic mass is 10.6. The molecule has 1 heterocycles. The first-order valence-electron chi connectivity index (χ1n) is 2.44. The number of hydrogen-bond acceptors (Lipinski definition) is 2. The van der Waals surface area contributed by atoms with Gasteiger partial charge < -0.3 is 10.2 Å². The first kappa shape index (κ1) is 7.34. The Hall–Kier alpha value is -0.660. The number of hydrogen-bond donors (Lipinski definition) is 1. The summed E-state index contributed by atoms with van der Waals surface area (Å²) < 4.78 is 0. The van der Waals surface area contributed by atoms with Crippen molar-refractivity contribution >= 4 is 0 Å². The SMILES string of the molecule is C.C=C1NCCN1C. The molecular weight excluding hydrogens is 100 g/mol. The first-order chi connectivity index (χ1) is 3.30. The monoisotopic (exact) mass is 114 g/mol. The molecule has 0 unspecified atom stereocenters. The van der Waals surface area contributed by atoms with Crippen molar-refractivity contribution in [3.8, 4) is 0 Å². The second-order valence-electron chi connectivity index (χ2n) is 1.80. The lowest BCUT2D eigenvalue weighted by Crippen LogP contribution is -2.11. The molecular formula is C6H14N2. The molecule has 0 aromatic rings. The average Bonchev–Trinajstić information content (AvgIpc) is 1.91. The lowest BCUT2D eigenvalue weighted by molar-refractivity contribution is 0.487. The summed E-state index contributed by atoms with van der Waals surface area (Å²) in [7, 11) is 2.03. The van der Waals surface area contributed by atoms with Crippen LogP contribution in [0.15, 0.2) is 12.4 Å². The molecule has 0 bridgehead atoms. The van der Waals surface area contributed by atoms with E-state index in [4.69, 9.17) is 0 Å². The Balaban J connectivity index is 0.000000490. The van der Waals surface area contributed by atoms with Crippen molar-refractivity contribution in [1.82, 2.24) is 10.2 Å². The van der Waals surface area contributed by atoms with Crippen LogP contribution < -0.4 is 5.32 Å². The van der Waals surface area contributed by atoms with Crippen molar-refractivity contribution < 1.29 is 0 Å². The molecule has 1 N–H and O–H groups in total. The van der Waals surface area contributed by atoms with Crippen LogP contribution in [0.1, 0.15) is 7.43 Å². The Morgan fingerprint density at radius 3 is 2.50 bits per heavy atom. The van der Waals surface area contributed by atoms with Crippen LogP contribution in [0.4, 0.5) is 0 Å². The molecule has 48 valence electrons. The maximum Gasteiger partial charge on any atom is 0.0937 e. The summed E-state index contributed by atoms with van der Waals surface area (Å²) >= 11 is 0. The highest BCUT2D eigenvalue weighted by Crippen LogP contribution is 1.97. The van der Waals surface area contributed by atoms with Crippen molar-refractivity contribution in [2.24, 2.45) is 0 Å². The van der Waals surface area contributed by atoms with E-state index in [-0.39, 0.29) is 7.43 Å².